The van der Waals surface area contributed by atoms with Crippen LogP contribution in [0.3, 0.4) is 0 Å². The van der Waals surface area contributed by atoms with Gasteiger partial charge in [0.05, 0.1) is 22.9 Å². The molecule has 0 aliphatic heterocycles. The Morgan fingerprint density at radius 2 is 1.86 bits per heavy atom. The number of hydrogen-bond donors (Lipinski definition) is 3. The Morgan fingerprint density at radius 3 is 2.43 bits per heavy atom. The lowest BCUT2D eigenvalue weighted by molar-refractivity contribution is -0.137. The van der Waals surface area contributed by atoms with E-state index in [0.717, 1.165) is 12.1 Å². The maximum atomic E-state index is 12.8. The molecular formula is C13H10F3N5. The number of nitriles is 1. The summed E-state index contributed by atoms with van der Waals surface area (Å²) in [6.07, 6.45) is -4.61. The highest BCUT2D eigenvalue weighted by atomic mass is 19.4. The third kappa shape index (κ3) is 3.14. The highest BCUT2D eigenvalue weighted by Gasteiger charge is 2.33. The van der Waals surface area contributed by atoms with Gasteiger partial charge in [0, 0.05) is 5.69 Å². The number of nitrogen functional groups attached to an aromatic ring is 2. The molecule has 1 aromatic carbocycles. The zero-order valence-electron chi connectivity index (χ0n) is 10.6. The zero-order valence-corrected chi connectivity index (χ0v) is 10.6. The van der Waals surface area contributed by atoms with Gasteiger partial charge in [0.25, 0.3) is 0 Å². The molecule has 0 aliphatic rings. The Kier molecular flexibility index (Phi) is 3.58. The van der Waals surface area contributed by atoms with Crippen LogP contribution in [0.25, 0.3) is 0 Å². The van der Waals surface area contributed by atoms with E-state index < -0.39 is 17.3 Å². The molecule has 8 heteroatoms. The first kappa shape index (κ1) is 14.5. The summed E-state index contributed by atoms with van der Waals surface area (Å²) in [5.41, 5.74) is 9.97. The average molecular weight is 293 g/mol. The van der Waals surface area contributed by atoms with Gasteiger partial charge in [0.15, 0.2) is 0 Å². The van der Waals surface area contributed by atoms with Gasteiger partial charge >= 0.3 is 6.18 Å². The van der Waals surface area contributed by atoms with Crippen LogP contribution >= 0.6 is 0 Å². The van der Waals surface area contributed by atoms with Crippen molar-refractivity contribution in [2.75, 3.05) is 16.8 Å². The molecule has 108 valence electrons. The fraction of sp³-hybridized carbons (Fsp3) is 0.0769. The molecule has 0 unspecified atom stereocenters. The number of rotatable bonds is 2. The van der Waals surface area contributed by atoms with Crippen molar-refractivity contribution in [1.29, 1.82) is 5.26 Å². The molecule has 2 rings (SSSR count). The van der Waals surface area contributed by atoms with E-state index in [2.05, 4.69) is 10.3 Å². The molecule has 0 bridgehead atoms. The molecule has 0 spiro atoms. The first-order valence-corrected chi connectivity index (χ1v) is 5.71. The van der Waals surface area contributed by atoms with Gasteiger partial charge in [-0.15, -0.1) is 0 Å². The van der Waals surface area contributed by atoms with Crippen LogP contribution in [0.4, 0.5) is 36.2 Å². The minimum Gasteiger partial charge on any atom is -0.396 e. The minimum atomic E-state index is -4.61. The number of nitrogens with two attached hydrogens (primary N) is 2. The van der Waals surface area contributed by atoms with Gasteiger partial charge in [0.1, 0.15) is 11.6 Å². The second-order valence-electron chi connectivity index (χ2n) is 4.17. The topological polar surface area (TPSA) is 101 Å². The largest absolute Gasteiger partial charge is 0.417 e. The molecule has 1 heterocycles. The van der Waals surface area contributed by atoms with Crippen molar-refractivity contribution >= 4 is 23.0 Å². The van der Waals surface area contributed by atoms with Gasteiger partial charge in [-0.3, -0.25) is 0 Å². The Morgan fingerprint density at radius 1 is 1.14 bits per heavy atom. The lowest BCUT2D eigenvalue weighted by Gasteiger charge is -2.12. The summed E-state index contributed by atoms with van der Waals surface area (Å²) in [4.78, 5) is 3.90. The van der Waals surface area contributed by atoms with E-state index in [4.69, 9.17) is 16.7 Å². The molecule has 0 amide bonds. The number of nitrogens with zero attached hydrogens (tertiary/aromatic N) is 2. The number of anilines is 4. The van der Waals surface area contributed by atoms with Crippen molar-refractivity contribution in [2.45, 2.75) is 6.18 Å². The molecule has 0 saturated carbocycles. The normalized spacial score (nSPS) is 11.0. The zero-order chi connectivity index (χ0) is 15.6. The van der Waals surface area contributed by atoms with E-state index in [1.54, 1.807) is 0 Å². The predicted molar refractivity (Wildman–Crippen MR) is 72.5 cm³/mol. The van der Waals surface area contributed by atoms with Crippen LogP contribution < -0.4 is 16.8 Å². The molecule has 5 N–H and O–H groups in total. The Balaban J connectivity index is 2.37. The smallest absolute Gasteiger partial charge is 0.396 e. The fourth-order valence-corrected chi connectivity index (χ4v) is 1.66. The van der Waals surface area contributed by atoms with Gasteiger partial charge < -0.3 is 16.8 Å². The number of halogens is 3. The monoisotopic (exact) mass is 293 g/mol. The minimum absolute atomic E-state index is 0.0738. The second-order valence-corrected chi connectivity index (χ2v) is 4.17. The summed E-state index contributed by atoms with van der Waals surface area (Å²) in [5, 5.41) is 11.4. The van der Waals surface area contributed by atoms with Crippen molar-refractivity contribution in [1.82, 2.24) is 4.98 Å². The maximum Gasteiger partial charge on any atom is 0.417 e. The Labute approximate surface area is 118 Å². The summed E-state index contributed by atoms with van der Waals surface area (Å²) in [5.74, 6) is 0.323. The average Bonchev–Trinajstić information content (AvgIpc) is 2.42. The third-order valence-electron chi connectivity index (χ3n) is 2.68. The first-order valence-electron chi connectivity index (χ1n) is 5.71. The van der Waals surface area contributed by atoms with Crippen LogP contribution in [0.2, 0.25) is 0 Å². The van der Waals surface area contributed by atoms with E-state index in [-0.39, 0.29) is 23.0 Å². The lowest BCUT2D eigenvalue weighted by atomic mass is 10.1. The Bertz CT molecular complexity index is 719. The van der Waals surface area contributed by atoms with Crippen molar-refractivity contribution in [3.63, 3.8) is 0 Å². The molecule has 0 radical (unpaired) electrons. The van der Waals surface area contributed by atoms with Crippen molar-refractivity contribution in [2.24, 2.45) is 0 Å². The van der Waals surface area contributed by atoms with Crippen molar-refractivity contribution in [3.8, 4) is 6.07 Å². The van der Waals surface area contributed by atoms with E-state index in [1.165, 1.54) is 24.3 Å². The van der Waals surface area contributed by atoms with Gasteiger partial charge in [0.2, 0.25) is 0 Å². The molecule has 2 aromatic rings. The fourth-order valence-electron chi connectivity index (χ4n) is 1.66. The predicted octanol–water partition coefficient (Wildman–Crippen LogP) is 2.88. The van der Waals surface area contributed by atoms with Crippen LogP contribution in [0.15, 0.2) is 30.3 Å². The number of hydrogen-bond acceptors (Lipinski definition) is 5. The third-order valence-corrected chi connectivity index (χ3v) is 2.68. The van der Waals surface area contributed by atoms with E-state index >= 15 is 0 Å². The van der Waals surface area contributed by atoms with Gasteiger partial charge in [-0.05, 0) is 30.3 Å². The summed E-state index contributed by atoms with van der Waals surface area (Å²) in [6, 6.07) is 7.76. The molecule has 1 aromatic heterocycles. The van der Waals surface area contributed by atoms with Crippen LogP contribution in [-0.2, 0) is 6.18 Å². The number of nitrogens with one attached hydrogen (secondary N) is 1. The molecule has 0 aliphatic carbocycles. The van der Waals surface area contributed by atoms with E-state index in [1.807, 2.05) is 0 Å². The van der Waals surface area contributed by atoms with Gasteiger partial charge in [-0.25, -0.2) is 4.98 Å². The van der Waals surface area contributed by atoms with Crippen LogP contribution in [-0.4, -0.2) is 4.98 Å². The van der Waals surface area contributed by atoms with Gasteiger partial charge in [-0.2, -0.15) is 18.4 Å². The highest BCUT2D eigenvalue weighted by molar-refractivity contribution is 5.66. The highest BCUT2D eigenvalue weighted by Crippen LogP contribution is 2.34. The second kappa shape index (κ2) is 5.20. The van der Waals surface area contributed by atoms with E-state index in [9.17, 15) is 13.2 Å². The van der Waals surface area contributed by atoms with Crippen LogP contribution in [0, 0.1) is 11.3 Å². The molecule has 0 saturated heterocycles. The van der Waals surface area contributed by atoms with E-state index in [0.29, 0.717) is 0 Å². The summed E-state index contributed by atoms with van der Waals surface area (Å²) < 4.78 is 38.5. The standard InChI is InChI=1S/C13H10F3N5/c14-13(15,16)9-5-8(2-1-7(9)6-17)20-11-4-3-10(18)12(19)21-11/h1-5H,18H2,(H3,19,20,21). The molecule has 5 nitrogen and oxygen atoms in total. The summed E-state index contributed by atoms with van der Waals surface area (Å²) in [7, 11) is 0. The summed E-state index contributed by atoms with van der Waals surface area (Å²) >= 11 is 0. The quantitative estimate of drug-likeness (QED) is 0.790. The van der Waals surface area contributed by atoms with Gasteiger partial charge in [-0.1, -0.05) is 0 Å². The SMILES string of the molecule is N#Cc1ccc(Nc2ccc(N)c(N)n2)cc1C(F)(F)F. The van der Waals surface area contributed by atoms with Crippen molar-refractivity contribution in [3.05, 3.63) is 41.5 Å². The molecule has 21 heavy (non-hydrogen) atoms. The number of benzene rings is 1. The molecule has 0 atom stereocenters. The molecule has 0 fully saturated rings. The van der Waals surface area contributed by atoms with Crippen LogP contribution in [0.1, 0.15) is 11.1 Å². The maximum absolute atomic E-state index is 12.8. The summed E-state index contributed by atoms with van der Waals surface area (Å²) in [6.45, 7) is 0. The van der Waals surface area contributed by atoms with Crippen LogP contribution in [0.5, 0.6) is 0 Å². The first-order chi connectivity index (χ1) is 9.81. The van der Waals surface area contributed by atoms with Crippen molar-refractivity contribution < 1.29 is 13.2 Å². The number of alkyl halides is 3. The Hall–Kier alpha value is -2.95. The number of aromatic nitrogens is 1. The number of pyridine rings is 1. The lowest BCUT2D eigenvalue weighted by Crippen LogP contribution is -2.08. The molecular weight excluding hydrogens is 283 g/mol.